The minimum absolute atomic E-state index is 0.111. The highest BCUT2D eigenvalue weighted by molar-refractivity contribution is 9.10. The lowest BCUT2D eigenvalue weighted by molar-refractivity contribution is 0.414. The van der Waals surface area contributed by atoms with Crippen LogP contribution in [0.1, 0.15) is 11.7 Å². The summed E-state index contributed by atoms with van der Waals surface area (Å²) in [5.41, 5.74) is 0.907. The van der Waals surface area contributed by atoms with Crippen molar-refractivity contribution in [2.75, 3.05) is 6.61 Å². The lowest BCUT2D eigenvalue weighted by Gasteiger charge is -1.99. The highest BCUT2D eigenvalue weighted by Crippen LogP contribution is 2.35. The molecule has 1 aromatic carbocycles. The molecule has 11 heavy (non-hydrogen) atoms. The van der Waals surface area contributed by atoms with Gasteiger partial charge in [-0.05, 0) is 22.0 Å². The van der Waals surface area contributed by atoms with Crippen LogP contribution in [0.2, 0.25) is 0 Å². The first-order valence-corrected chi connectivity index (χ1v) is 4.14. The van der Waals surface area contributed by atoms with Crippen molar-refractivity contribution in [2.24, 2.45) is 0 Å². The maximum atomic E-state index is 12.9. The van der Waals surface area contributed by atoms with Gasteiger partial charge in [0.15, 0.2) is 0 Å². The maximum absolute atomic E-state index is 12.9. The van der Waals surface area contributed by atoms with Crippen molar-refractivity contribution in [1.82, 2.24) is 0 Å². The number of hydrogen-bond acceptors (Lipinski definition) is 1. The predicted molar refractivity (Wildman–Crippen MR) is 42.8 cm³/mol. The molecule has 1 aromatic rings. The van der Waals surface area contributed by atoms with E-state index in [0.29, 0.717) is 11.1 Å². The Morgan fingerprint density at radius 1 is 1.55 bits per heavy atom. The Morgan fingerprint density at radius 3 is 2.91 bits per heavy atom. The largest absolute Gasteiger partial charge is 0.368 e. The molecule has 0 aromatic heterocycles. The third kappa shape index (κ3) is 1.30. The average molecular weight is 217 g/mol. The first-order chi connectivity index (χ1) is 5.29. The van der Waals surface area contributed by atoms with E-state index >= 15 is 0 Å². The summed E-state index contributed by atoms with van der Waals surface area (Å²) in [6, 6.07) is 4.98. The maximum Gasteiger partial charge on any atom is 0.137 e. The number of hydrogen-bond donors (Lipinski definition) is 0. The van der Waals surface area contributed by atoms with Gasteiger partial charge in [0, 0.05) is 5.56 Å². The molecule has 1 fully saturated rings. The molecule has 58 valence electrons. The van der Waals surface area contributed by atoms with E-state index in [2.05, 4.69) is 15.9 Å². The molecule has 0 saturated carbocycles. The summed E-state index contributed by atoms with van der Waals surface area (Å²) < 4.78 is 18.4. The van der Waals surface area contributed by atoms with Crippen LogP contribution in [0.4, 0.5) is 4.39 Å². The van der Waals surface area contributed by atoms with Crippen molar-refractivity contribution in [2.45, 2.75) is 6.10 Å². The van der Waals surface area contributed by atoms with Crippen LogP contribution in [0.25, 0.3) is 0 Å². The molecule has 0 aliphatic carbocycles. The molecule has 1 atom stereocenters. The van der Waals surface area contributed by atoms with Crippen molar-refractivity contribution < 1.29 is 9.13 Å². The van der Waals surface area contributed by atoms with E-state index in [9.17, 15) is 4.39 Å². The van der Waals surface area contributed by atoms with Gasteiger partial charge in [0.2, 0.25) is 0 Å². The molecule has 3 heteroatoms. The smallest absolute Gasteiger partial charge is 0.137 e. The monoisotopic (exact) mass is 216 g/mol. The molecule has 0 spiro atoms. The van der Waals surface area contributed by atoms with Gasteiger partial charge in [0.25, 0.3) is 0 Å². The molecule has 0 amide bonds. The van der Waals surface area contributed by atoms with Gasteiger partial charge in [-0.2, -0.15) is 0 Å². The number of ether oxygens (including phenoxy) is 1. The van der Waals surface area contributed by atoms with Crippen molar-refractivity contribution >= 4 is 15.9 Å². The highest BCUT2D eigenvalue weighted by atomic mass is 79.9. The van der Waals surface area contributed by atoms with E-state index in [4.69, 9.17) is 4.74 Å². The molecule has 1 saturated heterocycles. The average Bonchev–Trinajstić information content (AvgIpc) is 2.77. The molecule has 1 heterocycles. The van der Waals surface area contributed by atoms with Gasteiger partial charge in [0.1, 0.15) is 11.9 Å². The van der Waals surface area contributed by atoms with E-state index in [1.165, 1.54) is 6.07 Å². The summed E-state index contributed by atoms with van der Waals surface area (Å²) in [5, 5.41) is 0. The van der Waals surface area contributed by atoms with Crippen LogP contribution in [-0.2, 0) is 4.74 Å². The predicted octanol–water partition coefficient (Wildman–Crippen LogP) is 2.66. The fourth-order valence-electron chi connectivity index (χ4n) is 0.997. The number of rotatable bonds is 1. The Kier molecular flexibility index (Phi) is 1.69. The van der Waals surface area contributed by atoms with Crippen LogP contribution in [0, 0.1) is 5.82 Å². The molecule has 1 nitrogen and oxygen atoms in total. The van der Waals surface area contributed by atoms with Crippen LogP contribution in [0.3, 0.4) is 0 Å². The Labute approximate surface area is 72.3 Å². The van der Waals surface area contributed by atoms with Crippen LogP contribution in [0.15, 0.2) is 22.7 Å². The van der Waals surface area contributed by atoms with Gasteiger partial charge in [-0.3, -0.25) is 0 Å². The molecule has 1 unspecified atom stereocenters. The van der Waals surface area contributed by atoms with Gasteiger partial charge >= 0.3 is 0 Å². The minimum atomic E-state index is -0.224. The molecule has 0 radical (unpaired) electrons. The fraction of sp³-hybridized carbons (Fsp3) is 0.250. The quantitative estimate of drug-likeness (QED) is 0.658. The Morgan fingerprint density at radius 2 is 2.27 bits per heavy atom. The van der Waals surface area contributed by atoms with Crippen LogP contribution in [-0.4, -0.2) is 6.61 Å². The first-order valence-electron chi connectivity index (χ1n) is 3.34. The first kappa shape index (κ1) is 7.25. The molecule has 1 aliphatic heterocycles. The topological polar surface area (TPSA) is 12.5 Å². The molecule has 1 aliphatic rings. The Balaban J connectivity index is 2.45. The summed E-state index contributed by atoms with van der Waals surface area (Å²) in [7, 11) is 0. The number of halogens is 2. The van der Waals surface area contributed by atoms with Gasteiger partial charge in [-0.25, -0.2) is 4.39 Å². The van der Waals surface area contributed by atoms with Crippen LogP contribution >= 0.6 is 15.9 Å². The van der Waals surface area contributed by atoms with E-state index in [-0.39, 0.29) is 11.9 Å². The summed E-state index contributed by atoms with van der Waals surface area (Å²) in [6.45, 7) is 0.710. The minimum Gasteiger partial charge on any atom is -0.368 e. The Bertz CT molecular complexity index is 283. The summed E-state index contributed by atoms with van der Waals surface area (Å²) in [6.07, 6.45) is 0.111. The molecular weight excluding hydrogens is 211 g/mol. The van der Waals surface area contributed by atoms with Gasteiger partial charge in [-0.15, -0.1) is 0 Å². The second-order valence-corrected chi connectivity index (χ2v) is 3.26. The van der Waals surface area contributed by atoms with Crippen molar-refractivity contribution in [1.29, 1.82) is 0 Å². The zero-order chi connectivity index (χ0) is 7.84. The van der Waals surface area contributed by atoms with Crippen LogP contribution in [0.5, 0.6) is 0 Å². The standard InChI is InChI=1S/C8H6BrFO/c9-8-5(7-4-11-7)2-1-3-6(8)10/h1-3,7H,4H2. The lowest BCUT2D eigenvalue weighted by Crippen LogP contribution is -1.85. The molecule has 0 bridgehead atoms. The van der Waals surface area contributed by atoms with Gasteiger partial charge in [-0.1, -0.05) is 12.1 Å². The lowest BCUT2D eigenvalue weighted by atomic mass is 10.2. The van der Waals surface area contributed by atoms with E-state index < -0.39 is 0 Å². The molecular formula is C8H6BrFO. The van der Waals surface area contributed by atoms with Crippen LogP contribution < -0.4 is 0 Å². The number of benzene rings is 1. The summed E-state index contributed by atoms with van der Waals surface area (Å²) >= 11 is 3.17. The second-order valence-electron chi connectivity index (χ2n) is 2.47. The second kappa shape index (κ2) is 2.57. The van der Waals surface area contributed by atoms with E-state index in [1.54, 1.807) is 6.07 Å². The fourth-order valence-corrected chi connectivity index (χ4v) is 1.52. The zero-order valence-electron chi connectivity index (χ0n) is 5.68. The van der Waals surface area contributed by atoms with Gasteiger partial charge < -0.3 is 4.74 Å². The van der Waals surface area contributed by atoms with Gasteiger partial charge in [0.05, 0.1) is 11.1 Å². The van der Waals surface area contributed by atoms with E-state index in [0.717, 1.165) is 5.56 Å². The molecule has 0 N–H and O–H groups in total. The third-order valence-corrected chi connectivity index (χ3v) is 2.50. The molecule has 2 rings (SSSR count). The normalized spacial score (nSPS) is 21.8. The third-order valence-electron chi connectivity index (χ3n) is 1.66. The Hall–Kier alpha value is -0.410. The summed E-state index contributed by atoms with van der Waals surface area (Å²) in [5.74, 6) is -0.224. The van der Waals surface area contributed by atoms with E-state index in [1.807, 2.05) is 6.07 Å². The highest BCUT2D eigenvalue weighted by Gasteiger charge is 2.27. The van der Waals surface area contributed by atoms with Crippen molar-refractivity contribution in [3.05, 3.63) is 34.1 Å². The van der Waals surface area contributed by atoms with Crippen molar-refractivity contribution in [3.63, 3.8) is 0 Å². The summed E-state index contributed by atoms with van der Waals surface area (Å²) in [4.78, 5) is 0. The number of epoxide rings is 1. The SMILES string of the molecule is Fc1cccc(C2CO2)c1Br. The zero-order valence-corrected chi connectivity index (χ0v) is 7.27. The van der Waals surface area contributed by atoms with Crippen molar-refractivity contribution in [3.8, 4) is 0 Å².